The number of rotatable bonds is 3. The van der Waals surface area contributed by atoms with Crippen LogP contribution in [-0.4, -0.2) is 39.6 Å². The van der Waals surface area contributed by atoms with Gasteiger partial charge in [-0.2, -0.15) is 4.39 Å². The third-order valence-electron chi connectivity index (χ3n) is 6.43. The van der Waals surface area contributed by atoms with Gasteiger partial charge in [0.2, 0.25) is 11.3 Å². The molecule has 1 aromatic carbocycles. The zero-order valence-corrected chi connectivity index (χ0v) is 19.1. The van der Waals surface area contributed by atoms with E-state index in [0.29, 0.717) is 24.1 Å². The van der Waals surface area contributed by atoms with Crippen molar-refractivity contribution in [3.63, 3.8) is 0 Å². The van der Waals surface area contributed by atoms with Crippen molar-refractivity contribution < 1.29 is 5.76 Å². The molecule has 0 spiro atoms. The first-order valence-electron chi connectivity index (χ1n) is 11.2. The number of fused-ring (bicyclic) bond motifs is 1. The van der Waals surface area contributed by atoms with E-state index < -0.39 is 17.4 Å². The van der Waals surface area contributed by atoms with Crippen LogP contribution in [0.3, 0.4) is 0 Å². The molecule has 0 radical (unpaired) electrons. The van der Waals surface area contributed by atoms with E-state index in [2.05, 4.69) is 14.7 Å². The molecule has 0 N–H and O–H groups in total. The molecule has 6 nitrogen and oxygen atoms in total. The van der Waals surface area contributed by atoms with Gasteiger partial charge in [-0.3, -0.25) is 9.69 Å². The van der Waals surface area contributed by atoms with Crippen LogP contribution in [0.2, 0.25) is 0 Å². The van der Waals surface area contributed by atoms with E-state index >= 15 is 4.39 Å². The molecule has 32 heavy (non-hydrogen) atoms. The van der Waals surface area contributed by atoms with Gasteiger partial charge in [0.25, 0.3) is 11.4 Å². The smallest absolute Gasteiger partial charge is 0.289 e. The van der Waals surface area contributed by atoms with Crippen LogP contribution in [0.4, 0.5) is 15.9 Å². The third kappa shape index (κ3) is 3.65. The average molecular weight is 435 g/mol. The molecule has 1 saturated heterocycles. The fourth-order valence-corrected chi connectivity index (χ4v) is 4.54. The highest BCUT2D eigenvalue weighted by molar-refractivity contribution is 5.90. The van der Waals surface area contributed by atoms with E-state index in [0.717, 1.165) is 11.1 Å². The van der Waals surface area contributed by atoms with Crippen LogP contribution in [0.1, 0.15) is 39.3 Å². The first-order chi connectivity index (χ1) is 15.6. The Labute approximate surface area is 189 Å². The van der Waals surface area contributed by atoms with Gasteiger partial charge in [0.15, 0.2) is 0 Å². The number of benzene rings is 1. The molecule has 0 saturated carbocycles. The second kappa shape index (κ2) is 8.36. The molecule has 3 heterocycles. The zero-order valence-electron chi connectivity index (χ0n) is 20.1. The number of nitrogens with zero attached hydrogens (tertiary/aromatic N) is 5. The predicted octanol–water partition coefficient (Wildman–Crippen LogP) is 4.59. The number of halogens is 1. The Kier molecular flexibility index (Phi) is 5.40. The number of aromatic nitrogens is 2. The minimum Gasteiger partial charge on any atom is -0.361 e. The van der Waals surface area contributed by atoms with E-state index in [1.807, 2.05) is 56.9 Å². The molecule has 1 aliphatic rings. The second-order valence-electron chi connectivity index (χ2n) is 8.63. The van der Waals surface area contributed by atoms with E-state index in [1.165, 1.54) is 17.7 Å². The van der Waals surface area contributed by atoms with Crippen molar-refractivity contribution >= 4 is 22.5 Å². The lowest BCUT2D eigenvalue weighted by atomic mass is 9.99. The maximum Gasteiger partial charge on any atom is 0.289 e. The summed E-state index contributed by atoms with van der Waals surface area (Å²) >= 11 is 0. The SMILES string of the molecule is [2H]C(C)(c1ccc(C)cc1)N1C[C@H](C)N(c2c(F)c(=O)n(C)c3ccc([N+]#[C-])nc23)C[C@H]1C. The minimum absolute atomic E-state index is 0.0902. The lowest BCUT2D eigenvalue weighted by molar-refractivity contribution is 0.119. The standard InChI is InChI=1S/C25H28FN5O/c1-15-7-9-19(10-8-15)18(4)30-13-17(3)31(14-16(30)2)24-22(26)25(32)29(6)20-11-12-21(27-5)28-23(20)24/h7-12,16-18H,13-14H2,1-4,6H3/t16-,17+,18?/m1/s1/i18D. The first kappa shape index (κ1) is 20.7. The van der Waals surface area contributed by atoms with Gasteiger partial charge in [-0.1, -0.05) is 36.4 Å². The lowest BCUT2D eigenvalue weighted by Gasteiger charge is -2.47. The summed E-state index contributed by atoms with van der Waals surface area (Å²) in [6.45, 7) is 16.1. The maximum absolute atomic E-state index is 15.4. The van der Waals surface area contributed by atoms with E-state index in [9.17, 15) is 4.79 Å². The van der Waals surface area contributed by atoms with Crippen molar-refractivity contribution in [2.75, 3.05) is 18.0 Å². The van der Waals surface area contributed by atoms with Gasteiger partial charge < -0.3 is 14.3 Å². The predicted molar refractivity (Wildman–Crippen MR) is 126 cm³/mol. The molecular formula is C25H28FN5O. The van der Waals surface area contributed by atoms with Crippen molar-refractivity contribution in [2.24, 2.45) is 7.05 Å². The molecule has 3 atom stereocenters. The van der Waals surface area contributed by atoms with Gasteiger partial charge in [0.1, 0.15) is 5.69 Å². The summed E-state index contributed by atoms with van der Waals surface area (Å²) in [6, 6.07) is 9.92. The molecule has 166 valence electrons. The molecule has 0 aliphatic carbocycles. The Morgan fingerprint density at radius 3 is 2.53 bits per heavy atom. The lowest BCUT2D eigenvalue weighted by Crippen LogP contribution is -2.57. The summed E-state index contributed by atoms with van der Waals surface area (Å²) in [5, 5.41) is 0. The van der Waals surface area contributed by atoms with Gasteiger partial charge in [0.05, 0.1) is 6.89 Å². The minimum atomic E-state index is -0.962. The molecule has 3 aromatic rings. The van der Waals surface area contributed by atoms with Crippen molar-refractivity contribution in [3.05, 3.63) is 75.1 Å². The molecule has 2 aromatic heterocycles. The van der Waals surface area contributed by atoms with Crippen LogP contribution in [0.5, 0.6) is 0 Å². The number of hydrogen-bond acceptors (Lipinski definition) is 4. The van der Waals surface area contributed by atoms with Crippen LogP contribution < -0.4 is 10.5 Å². The summed E-state index contributed by atoms with van der Waals surface area (Å²) in [4.78, 5) is 24.4. The molecule has 0 bridgehead atoms. The molecule has 0 amide bonds. The summed E-state index contributed by atoms with van der Waals surface area (Å²) < 4.78 is 25.8. The number of pyridine rings is 2. The Hall–Kier alpha value is -3.24. The fourth-order valence-electron chi connectivity index (χ4n) is 4.54. The van der Waals surface area contributed by atoms with E-state index in [-0.39, 0.29) is 23.6 Å². The Balaban J connectivity index is 1.77. The molecule has 4 rings (SSSR count). The van der Waals surface area contributed by atoms with Crippen molar-refractivity contribution in [1.29, 1.82) is 0 Å². The second-order valence-corrected chi connectivity index (χ2v) is 8.63. The first-order valence-corrected chi connectivity index (χ1v) is 10.7. The topological polar surface area (TPSA) is 45.7 Å². The molecular weight excluding hydrogens is 405 g/mol. The molecule has 1 aliphatic heterocycles. The van der Waals surface area contributed by atoms with E-state index in [1.54, 1.807) is 6.07 Å². The number of aryl methyl sites for hydroxylation is 2. The Morgan fingerprint density at radius 2 is 1.88 bits per heavy atom. The highest BCUT2D eigenvalue weighted by Gasteiger charge is 2.36. The van der Waals surface area contributed by atoms with Crippen molar-refractivity contribution in [2.45, 2.75) is 45.8 Å². The number of hydrogen-bond donors (Lipinski definition) is 0. The van der Waals surface area contributed by atoms with Gasteiger partial charge >= 0.3 is 0 Å². The monoisotopic (exact) mass is 434 g/mol. The summed E-state index contributed by atoms with van der Waals surface area (Å²) in [6.07, 6.45) is 0. The Morgan fingerprint density at radius 1 is 1.19 bits per heavy atom. The summed E-state index contributed by atoms with van der Waals surface area (Å²) in [5.41, 5.74) is 2.25. The average Bonchev–Trinajstić information content (AvgIpc) is 2.79. The third-order valence-corrected chi connectivity index (χ3v) is 6.43. The fraction of sp³-hybridized carbons (Fsp3) is 0.400. The van der Waals surface area contributed by atoms with Crippen molar-refractivity contribution in [3.8, 4) is 0 Å². The van der Waals surface area contributed by atoms with Gasteiger partial charge in [-0.15, -0.1) is 4.98 Å². The molecule has 1 unspecified atom stereocenters. The highest BCUT2D eigenvalue weighted by Crippen LogP contribution is 2.34. The summed E-state index contributed by atoms with van der Waals surface area (Å²) in [5.74, 6) is -0.710. The van der Waals surface area contributed by atoms with Crippen LogP contribution in [-0.2, 0) is 7.05 Å². The normalized spacial score (nSPS) is 21.8. The zero-order chi connectivity index (χ0) is 24.1. The maximum atomic E-state index is 15.4. The highest BCUT2D eigenvalue weighted by atomic mass is 19.1. The number of anilines is 1. The number of piperazine rings is 1. The van der Waals surface area contributed by atoms with Crippen LogP contribution in [0.15, 0.2) is 41.2 Å². The van der Waals surface area contributed by atoms with E-state index in [4.69, 9.17) is 7.94 Å². The van der Waals surface area contributed by atoms with Crippen LogP contribution in [0, 0.1) is 19.3 Å². The van der Waals surface area contributed by atoms with Gasteiger partial charge in [-0.05, 0) is 45.4 Å². The Bertz CT molecular complexity index is 1310. The van der Waals surface area contributed by atoms with Crippen LogP contribution >= 0.6 is 0 Å². The van der Waals surface area contributed by atoms with Crippen molar-refractivity contribution in [1.82, 2.24) is 14.5 Å². The largest absolute Gasteiger partial charge is 0.361 e. The van der Waals surface area contributed by atoms with Gasteiger partial charge in [0, 0.05) is 38.2 Å². The van der Waals surface area contributed by atoms with Gasteiger partial charge in [-0.25, -0.2) is 0 Å². The molecule has 1 fully saturated rings. The van der Waals surface area contributed by atoms with Crippen LogP contribution in [0.25, 0.3) is 15.9 Å². The quantitative estimate of drug-likeness (QED) is 0.566. The molecule has 7 heteroatoms. The summed E-state index contributed by atoms with van der Waals surface area (Å²) in [7, 11) is 1.51.